The topological polar surface area (TPSA) is 114 Å². The van der Waals surface area contributed by atoms with Crippen molar-refractivity contribution in [1.82, 2.24) is 4.72 Å². The molecule has 0 aliphatic carbocycles. The van der Waals surface area contributed by atoms with Crippen molar-refractivity contribution in [1.29, 1.82) is 0 Å². The minimum absolute atomic E-state index is 0.0155. The molecule has 2 rings (SSSR count). The number of carbonyl (C=O) groups excluding carboxylic acids is 2. The molecule has 3 N–H and O–H groups in total. The van der Waals surface area contributed by atoms with E-state index in [4.69, 9.17) is 4.74 Å². The number of sulfonamides is 1. The number of nitrogens with one attached hydrogen (secondary N) is 3. The number of methoxy groups -OCH3 is 1. The van der Waals surface area contributed by atoms with E-state index in [1.165, 1.54) is 38.3 Å². The SMILES string of the molecule is COCCNS(=O)(=O)c1cccc(C(=O)Nc2cccc(NC(C)=O)c2)c1. The molecule has 0 atom stereocenters. The maximum Gasteiger partial charge on any atom is 0.255 e. The first-order valence-corrected chi connectivity index (χ1v) is 9.58. The van der Waals surface area contributed by atoms with Crippen molar-refractivity contribution in [3.63, 3.8) is 0 Å². The van der Waals surface area contributed by atoms with Crippen LogP contribution >= 0.6 is 0 Å². The van der Waals surface area contributed by atoms with Crippen molar-refractivity contribution < 1.29 is 22.7 Å². The molecule has 8 nitrogen and oxygen atoms in total. The zero-order valence-electron chi connectivity index (χ0n) is 15.0. The third kappa shape index (κ3) is 6.17. The molecule has 0 saturated heterocycles. The van der Waals surface area contributed by atoms with Gasteiger partial charge in [-0.15, -0.1) is 0 Å². The van der Waals surface area contributed by atoms with Crippen molar-refractivity contribution in [3.05, 3.63) is 54.1 Å². The highest BCUT2D eigenvalue weighted by Gasteiger charge is 2.16. The first-order valence-electron chi connectivity index (χ1n) is 8.09. The van der Waals surface area contributed by atoms with Gasteiger partial charge in [0.1, 0.15) is 0 Å². The molecule has 0 spiro atoms. The van der Waals surface area contributed by atoms with E-state index < -0.39 is 15.9 Å². The van der Waals surface area contributed by atoms with Crippen molar-refractivity contribution in [2.45, 2.75) is 11.8 Å². The van der Waals surface area contributed by atoms with Crippen molar-refractivity contribution in [3.8, 4) is 0 Å². The van der Waals surface area contributed by atoms with Crippen LogP contribution in [0, 0.1) is 0 Å². The second-order valence-electron chi connectivity index (χ2n) is 5.63. The molecule has 2 amide bonds. The van der Waals surface area contributed by atoms with Gasteiger partial charge in [-0.1, -0.05) is 12.1 Å². The molecule has 0 aliphatic heterocycles. The predicted molar refractivity (Wildman–Crippen MR) is 102 cm³/mol. The molecule has 144 valence electrons. The number of hydrogen-bond acceptors (Lipinski definition) is 5. The van der Waals surface area contributed by atoms with Crippen LogP contribution in [0.1, 0.15) is 17.3 Å². The van der Waals surface area contributed by atoms with Crippen molar-refractivity contribution in [2.24, 2.45) is 0 Å². The van der Waals surface area contributed by atoms with Gasteiger partial charge in [0.25, 0.3) is 5.91 Å². The lowest BCUT2D eigenvalue weighted by atomic mass is 10.2. The molecule has 2 aromatic rings. The van der Waals surface area contributed by atoms with E-state index in [0.29, 0.717) is 11.4 Å². The van der Waals surface area contributed by atoms with Gasteiger partial charge in [0.15, 0.2) is 0 Å². The second kappa shape index (κ2) is 9.26. The summed E-state index contributed by atoms with van der Waals surface area (Å²) in [5.41, 5.74) is 1.20. The highest BCUT2D eigenvalue weighted by Crippen LogP contribution is 2.17. The van der Waals surface area contributed by atoms with Gasteiger partial charge >= 0.3 is 0 Å². The van der Waals surface area contributed by atoms with Crippen LogP contribution in [0.3, 0.4) is 0 Å². The molecular weight excluding hydrogens is 370 g/mol. The van der Waals surface area contributed by atoms with Crippen LogP contribution in [0.15, 0.2) is 53.4 Å². The van der Waals surface area contributed by atoms with Gasteiger partial charge < -0.3 is 15.4 Å². The van der Waals surface area contributed by atoms with E-state index in [0.717, 1.165) is 0 Å². The van der Waals surface area contributed by atoms with Gasteiger partial charge in [0.05, 0.1) is 11.5 Å². The number of carbonyl (C=O) groups is 2. The van der Waals surface area contributed by atoms with Crippen LogP contribution in [0.25, 0.3) is 0 Å². The van der Waals surface area contributed by atoms with Crippen LogP contribution in [0.2, 0.25) is 0 Å². The molecule has 0 aliphatic rings. The van der Waals surface area contributed by atoms with E-state index in [2.05, 4.69) is 15.4 Å². The first kappa shape index (κ1) is 20.6. The fourth-order valence-corrected chi connectivity index (χ4v) is 3.31. The van der Waals surface area contributed by atoms with Gasteiger partial charge in [-0.05, 0) is 36.4 Å². The summed E-state index contributed by atoms with van der Waals surface area (Å²) in [6, 6.07) is 12.3. The van der Waals surface area contributed by atoms with E-state index in [9.17, 15) is 18.0 Å². The Morgan fingerprint density at radius 2 is 1.67 bits per heavy atom. The van der Waals surface area contributed by atoms with Gasteiger partial charge in [-0.2, -0.15) is 0 Å². The Labute approximate surface area is 158 Å². The van der Waals surface area contributed by atoms with Crippen LogP contribution in [0.5, 0.6) is 0 Å². The molecule has 0 heterocycles. The van der Waals surface area contributed by atoms with Gasteiger partial charge in [-0.25, -0.2) is 13.1 Å². The largest absolute Gasteiger partial charge is 0.383 e. The number of ether oxygens (including phenoxy) is 1. The lowest BCUT2D eigenvalue weighted by Gasteiger charge is -2.10. The lowest BCUT2D eigenvalue weighted by Crippen LogP contribution is -2.27. The smallest absolute Gasteiger partial charge is 0.255 e. The van der Waals surface area contributed by atoms with E-state index >= 15 is 0 Å². The molecule has 0 radical (unpaired) electrons. The number of hydrogen-bond donors (Lipinski definition) is 3. The summed E-state index contributed by atoms with van der Waals surface area (Å²) in [6.07, 6.45) is 0. The maximum absolute atomic E-state index is 12.5. The summed E-state index contributed by atoms with van der Waals surface area (Å²) in [5.74, 6) is -0.693. The van der Waals surface area contributed by atoms with Crippen molar-refractivity contribution >= 4 is 33.2 Å². The summed E-state index contributed by atoms with van der Waals surface area (Å²) in [6.45, 7) is 1.76. The summed E-state index contributed by atoms with van der Waals surface area (Å²) < 4.78 is 31.7. The van der Waals surface area contributed by atoms with Crippen LogP contribution in [-0.4, -0.2) is 40.5 Å². The predicted octanol–water partition coefficient (Wildman–Crippen LogP) is 1.82. The lowest BCUT2D eigenvalue weighted by molar-refractivity contribution is -0.114. The molecule has 27 heavy (non-hydrogen) atoms. The Morgan fingerprint density at radius 3 is 2.33 bits per heavy atom. The number of amides is 2. The van der Waals surface area contributed by atoms with Crippen molar-refractivity contribution in [2.75, 3.05) is 30.9 Å². The van der Waals surface area contributed by atoms with Gasteiger partial charge in [-0.3, -0.25) is 9.59 Å². The molecule has 0 fully saturated rings. The molecule has 0 unspecified atom stereocenters. The molecule has 2 aromatic carbocycles. The second-order valence-corrected chi connectivity index (χ2v) is 7.40. The quantitative estimate of drug-likeness (QED) is 0.594. The zero-order chi connectivity index (χ0) is 19.9. The number of benzene rings is 2. The average molecular weight is 391 g/mol. The molecule has 0 saturated carbocycles. The molecule has 9 heteroatoms. The number of anilines is 2. The summed E-state index contributed by atoms with van der Waals surface area (Å²) in [4.78, 5) is 23.6. The summed E-state index contributed by atoms with van der Waals surface area (Å²) in [5, 5.41) is 5.30. The third-order valence-corrected chi connectivity index (χ3v) is 4.90. The monoisotopic (exact) mass is 391 g/mol. The number of rotatable bonds is 8. The molecule has 0 bridgehead atoms. The molecular formula is C18H21N3O5S. The fourth-order valence-electron chi connectivity index (χ4n) is 2.25. The maximum atomic E-state index is 12.5. The summed E-state index contributed by atoms with van der Waals surface area (Å²) in [7, 11) is -2.27. The minimum atomic E-state index is -3.74. The minimum Gasteiger partial charge on any atom is -0.383 e. The first-order chi connectivity index (χ1) is 12.8. The standard InChI is InChI=1S/C18H21N3O5S/c1-13(22)20-15-6-4-7-16(12-15)21-18(23)14-5-3-8-17(11-14)27(24,25)19-9-10-26-2/h3-8,11-12,19H,9-10H2,1-2H3,(H,20,22)(H,21,23). The van der Waals surface area contributed by atoms with E-state index in [-0.39, 0.29) is 29.5 Å². The zero-order valence-corrected chi connectivity index (χ0v) is 15.8. The summed E-state index contributed by atoms with van der Waals surface area (Å²) >= 11 is 0. The van der Waals surface area contributed by atoms with Crippen LogP contribution < -0.4 is 15.4 Å². The Kier molecular flexibility index (Phi) is 7.05. The third-order valence-electron chi connectivity index (χ3n) is 3.45. The fraction of sp³-hybridized carbons (Fsp3) is 0.222. The van der Waals surface area contributed by atoms with Crippen LogP contribution in [-0.2, 0) is 19.6 Å². The van der Waals surface area contributed by atoms with E-state index in [1.54, 1.807) is 24.3 Å². The Balaban J connectivity index is 2.14. The van der Waals surface area contributed by atoms with Gasteiger partial charge in [0.2, 0.25) is 15.9 Å². The molecule has 0 aromatic heterocycles. The van der Waals surface area contributed by atoms with E-state index in [1.807, 2.05) is 0 Å². The normalized spacial score (nSPS) is 11.0. The van der Waals surface area contributed by atoms with Gasteiger partial charge in [0, 0.05) is 37.5 Å². The van der Waals surface area contributed by atoms with Crippen LogP contribution in [0.4, 0.5) is 11.4 Å². The highest BCUT2D eigenvalue weighted by atomic mass is 32.2. The Bertz CT molecular complexity index is 928. The highest BCUT2D eigenvalue weighted by molar-refractivity contribution is 7.89. The Hall–Kier alpha value is -2.75. The average Bonchev–Trinajstić information content (AvgIpc) is 2.61. The Morgan fingerprint density at radius 1 is 1.00 bits per heavy atom.